The van der Waals surface area contributed by atoms with Crippen LogP contribution in [0.4, 0.5) is 0 Å². The van der Waals surface area contributed by atoms with E-state index < -0.39 is 17.5 Å². The highest BCUT2D eigenvalue weighted by molar-refractivity contribution is 5.85. The van der Waals surface area contributed by atoms with Gasteiger partial charge in [-0.05, 0) is 91.3 Å². The average molecular weight is 555 g/mol. The number of rotatable bonds is 4. The number of carboxylic acid groups (broad SMARTS) is 1. The molecular weight excluding hydrogens is 500 g/mol. The molecule has 0 amide bonds. The van der Waals surface area contributed by atoms with Gasteiger partial charge in [0.15, 0.2) is 0 Å². The lowest BCUT2D eigenvalue weighted by atomic mass is 9.33. The Morgan fingerprint density at radius 3 is 2.30 bits per heavy atom. The summed E-state index contributed by atoms with van der Waals surface area (Å²) in [6.45, 7) is 20.0. The predicted octanol–water partition coefficient (Wildman–Crippen LogP) is 8.01. The minimum absolute atomic E-state index is 0.0357. The molecule has 0 aromatic rings. The number of fused-ring (bicyclic) bond motifs is 7. The van der Waals surface area contributed by atoms with Crippen molar-refractivity contribution in [2.24, 2.45) is 56.2 Å². The normalized spacial score (nSPS) is 46.0. The summed E-state index contributed by atoms with van der Waals surface area (Å²) in [6.07, 6.45) is 9.96. The lowest BCUT2D eigenvalue weighted by molar-refractivity contribution is -0.208. The van der Waals surface area contributed by atoms with Crippen LogP contribution in [0.15, 0.2) is 11.6 Å². The van der Waals surface area contributed by atoms with Gasteiger partial charge in [0.25, 0.3) is 0 Å². The largest absolute Gasteiger partial charge is 0.481 e. The molecule has 5 aliphatic rings. The maximum atomic E-state index is 13.4. The molecular formula is C35H54O5. The summed E-state index contributed by atoms with van der Waals surface area (Å²) in [5, 5.41) is 11.0. The van der Waals surface area contributed by atoms with Crippen molar-refractivity contribution in [3.63, 3.8) is 0 Å². The number of carboxylic acids is 1. The second-order valence-electron chi connectivity index (χ2n) is 16.6. The molecule has 0 aromatic heterocycles. The van der Waals surface area contributed by atoms with Crippen LogP contribution >= 0.6 is 0 Å². The van der Waals surface area contributed by atoms with Crippen LogP contribution in [0.1, 0.15) is 127 Å². The third-order valence-electron chi connectivity index (χ3n) is 14.0. The zero-order valence-corrected chi connectivity index (χ0v) is 26.6. The van der Waals surface area contributed by atoms with Gasteiger partial charge in [-0.15, -0.1) is 0 Å². The number of carbonyl (C=O) groups is 3. The third kappa shape index (κ3) is 3.80. The van der Waals surface area contributed by atoms with Gasteiger partial charge in [0.2, 0.25) is 0 Å². The van der Waals surface area contributed by atoms with Crippen LogP contribution in [-0.4, -0.2) is 28.9 Å². The van der Waals surface area contributed by atoms with Gasteiger partial charge in [-0.2, -0.15) is 0 Å². The highest BCUT2D eigenvalue weighted by Gasteiger charge is 2.71. The fraction of sp³-hybridized carbons (Fsp3) is 0.857. The van der Waals surface area contributed by atoms with Gasteiger partial charge in [-0.1, -0.05) is 74.0 Å². The highest BCUT2D eigenvalue weighted by atomic mass is 16.5. The Kier molecular flexibility index (Phi) is 6.84. The highest BCUT2D eigenvalue weighted by Crippen LogP contribution is 2.75. The molecule has 0 aliphatic heterocycles. The fourth-order valence-corrected chi connectivity index (χ4v) is 11.2. The van der Waals surface area contributed by atoms with E-state index in [1.807, 2.05) is 13.8 Å². The molecule has 5 heteroatoms. The van der Waals surface area contributed by atoms with Crippen LogP contribution in [0.2, 0.25) is 0 Å². The van der Waals surface area contributed by atoms with Gasteiger partial charge in [0.1, 0.15) is 17.3 Å². The van der Waals surface area contributed by atoms with Crippen LogP contribution in [0.25, 0.3) is 0 Å². The molecule has 0 heterocycles. The number of ether oxygens (including phenoxy) is 1. The monoisotopic (exact) mass is 554 g/mol. The Labute approximate surface area is 242 Å². The number of aliphatic carboxylic acids is 1. The van der Waals surface area contributed by atoms with Gasteiger partial charge < -0.3 is 9.84 Å². The topological polar surface area (TPSA) is 80.7 Å². The van der Waals surface area contributed by atoms with Crippen LogP contribution in [0.5, 0.6) is 0 Å². The Bertz CT molecular complexity index is 1130. The number of esters is 1. The summed E-state index contributed by atoms with van der Waals surface area (Å²) in [4.78, 5) is 39.5. The van der Waals surface area contributed by atoms with Crippen molar-refractivity contribution in [3.8, 4) is 0 Å². The van der Waals surface area contributed by atoms with Crippen molar-refractivity contribution in [2.75, 3.05) is 0 Å². The van der Waals surface area contributed by atoms with Gasteiger partial charge in [0, 0.05) is 17.8 Å². The van der Waals surface area contributed by atoms with Crippen molar-refractivity contribution in [2.45, 2.75) is 133 Å². The van der Waals surface area contributed by atoms with Crippen molar-refractivity contribution in [3.05, 3.63) is 11.6 Å². The molecule has 5 nitrogen and oxygen atoms in total. The Morgan fingerprint density at radius 2 is 1.68 bits per heavy atom. The van der Waals surface area contributed by atoms with Crippen LogP contribution in [0, 0.1) is 56.2 Å². The van der Waals surface area contributed by atoms with Crippen molar-refractivity contribution in [1.29, 1.82) is 0 Å². The Balaban J connectivity index is 1.59. The van der Waals surface area contributed by atoms with E-state index in [0.717, 1.165) is 38.5 Å². The first-order valence-corrected chi connectivity index (χ1v) is 16.1. The molecule has 4 saturated carbocycles. The lowest BCUT2D eigenvalue weighted by Crippen LogP contribution is -2.66. The number of carbonyl (C=O) groups excluding carboxylic acids is 2. The molecule has 1 N–H and O–H groups in total. The number of Topliss-reactive ketones (excluding diaryl/α,β-unsaturated/α-hetero) is 1. The van der Waals surface area contributed by atoms with Gasteiger partial charge in [-0.25, -0.2) is 0 Å². The molecule has 0 bridgehead atoms. The second-order valence-corrected chi connectivity index (χ2v) is 16.6. The number of ketones is 1. The third-order valence-corrected chi connectivity index (χ3v) is 14.0. The molecule has 9 atom stereocenters. The first-order valence-electron chi connectivity index (χ1n) is 16.1. The van der Waals surface area contributed by atoms with E-state index in [4.69, 9.17) is 4.74 Å². The summed E-state index contributed by atoms with van der Waals surface area (Å²) in [6, 6.07) is 0. The van der Waals surface area contributed by atoms with Gasteiger partial charge in [0.05, 0.1) is 5.92 Å². The summed E-state index contributed by atoms with van der Waals surface area (Å²) in [7, 11) is 0. The van der Waals surface area contributed by atoms with Gasteiger partial charge in [-0.3, -0.25) is 14.4 Å². The maximum absolute atomic E-state index is 13.4. The molecule has 0 spiro atoms. The summed E-state index contributed by atoms with van der Waals surface area (Å²) in [5.74, 6) is -0.167. The Morgan fingerprint density at radius 1 is 1.00 bits per heavy atom. The quantitative estimate of drug-likeness (QED) is 0.281. The summed E-state index contributed by atoms with van der Waals surface area (Å²) < 4.78 is 6.20. The van der Waals surface area contributed by atoms with Crippen molar-refractivity contribution in [1.82, 2.24) is 0 Å². The molecule has 224 valence electrons. The second kappa shape index (κ2) is 9.17. The van der Waals surface area contributed by atoms with Crippen molar-refractivity contribution < 1.29 is 24.2 Å². The van der Waals surface area contributed by atoms with Crippen LogP contribution < -0.4 is 0 Å². The smallest absolute Gasteiger partial charge is 0.314 e. The van der Waals surface area contributed by atoms with E-state index in [2.05, 4.69) is 54.5 Å². The molecule has 3 unspecified atom stereocenters. The van der Waals surface area contributed by atoms with Crippen LogP contribution in [0.3, 0.4) is 0 Å². The van der Waals surface area contributed by atoms with E-state index in [1.165, 1.54) is 5.57 Å². The van der Waals surface area contributed by atoms with E-state index in [-0.39, 0.29) is 44.9 Å². The van der Waals surface area contributed by atoms with Crippen molar-refractivity contribution >= 4 is 17.7 Å². The van der Waals surface area contributed by atoms with E-state index in [1.54, 1.807) is 0 Å². The number of hydrogen-bond donors (Lipinski definition) is 1. The predicted molar refractivity (Wildman–Crippen MR) is 156 cm³/mol. The first kappa shape index (κ1) is 29.8. The van der Waals surface area contributed by atoms with E-state index in [9.17, 15) is 19.5 Å². The SMILES string of the molecule is CCC(C)C(=O)O[C@@H]1CC(C)(C)C[C@H]2C3=CCC4[C@@]5(C)CCC(=O)C(C)(C)C5CC[C@@]4(C)[C@]3(C)CC[C@@]12C(=O)O. The fourth-order valence-electron chi connectivity index (χ4n) is 11.2. The minimum atomic E-state index is -1.08. The molecule has 0 radical (unpaired) electrons. The molecule has 5 aliphatic carbocycles. The summed E-state index contributed by atoms with van der Waals surface area (Å²) >= 11 is 0. The standard InChI is InChI=1S/C35H54O5/c1-10-21(2)28(37)40-27-20-30(3,4)19-23-22-11-12-25-32(7)15-14-26(36)31(5,6)24(32)13-16-34(25,9)33(22,8)17-18-35(23,27)29(38)39/h11,21,23-25,27H,10,12-20H2,1-9H3,(H,38,39)/t21?,23-,24?,25?,27+,32-,33+,34+,35-/m0/s1. The molecule has 0 aromatic carbocycles. The number of allylic oxidation sites excluding steroid dienone is 2. The van der Waals surface area contributed by atoms with Crippen LogP contribution in [-0.2, 0) is 19.1 Å². The first-order chi connectivity index (χ1) is 18.4. The molecule has 40 heavy (non-hydrogen) atoms. The Hall–Kier alpha value is -1.65. The molecule has 5 rings (SSSR count). The van der Waals surface area contributed by atoms with E-state index >= 15 is 0 Å². The zero-order valence-electron chi connectivity index (χ0n) is 26.6. The maximum Gasteiger partial charge on any atom is 0.314 e. The molecule has 4 fully saturated rings. The van der Waals surface area contributed by atoms with E-state index in [0.29, 0.717) is 43.3 Å². The summed E-state index contributed by atoms with van der Waals surface area (Å²) in [5.41, 5.74) is -0.149. The molecule has 0 saturated heterocycles. The minimum Gasteiger partial charge on any atom is -0.481 e. The average Bonchev–Trinajstić information content (AvgIpc) is 2.85. The lowest BCUT2D eigenvalue weighted by Gasteiger charge is -2.70. The zero-order chi connectivity index (χ0) is 29.7. The number of hydrogen-bond acceptors (Lipinski definition) is 4. The van der Waals surface area contributed by atoms with Gasteiger partial charge >= 0.3 is 11.9 Å².